The molecule has 0 bridgehead atoms. The third-order valence-corrected chi connectivity index (χ3v) is 5.37. The summed E-state index contributed by atoms with van der Waals surface area (Å²) in [4.78, 5) is 4.10. The average molecular weight is 348 g/mol. The van der Waals surface area contributed by atoms with Gasteiger partial charge in [-0.25, -0.2) is 13.1 Å². The maximum atomic E-state index is 12.2. The second-order valence-electron chi connectivity index (χ2n) is 4.80. The number of hydrogen-bond donors (Lipinski definition) is 2. The molecule has 7 heteroatoms. The number of nitrogens with one attached hydrogen (secondary N) is 2. The highest BCUT2D eigenvalue weighted by molar-refractivity contribution is 9.10. The van der Waals surface area contributed by atoms with Gasteiger partial charge in [0.2, 0.25) is 10.0 Å². The zero-order valence-corrected chi connectivity index (χ0v) is 13.2. The van der Waals surface area contributed by atoms with E-state index in [9.17, 15) is 8.42 Å². The Morgan fingerprint density at radius 2 is 1.84 bits per heavy atom. The summed E-state index contributed by atoms with van der Waals surface area (Å²) in [6, 6.07) is 2.09. The van der Waals surface area contributed by atoms with E-state index in [0.717, 1.165) is 25.7 Å². The highest BCUT2D eigenvalue weighted by Crippen LogP contribution is 2.21. The molecule has 0 saturated heterocycles. The first kappa shape index (κ1) is 14.9. The summed E-state index contributed by atoms with van der Waals surface area (Å²) < 4.78 is 27.9. The molecule has 1 heterocycles. The van der Waals surface area contributed by atoms with Gasteiger partial charge in [0.25, 0.3) is 0 Å². The van der Waals surface area contributed by atoms with Crippen LogP contribution in [0, 0.1) is 0 Å². The van der Waals surface area contributed by atoms with Crippen molar-refractivity contribution in [3.8, 4) is 0 Å². The summed E-state index contributed by atoms with van der Waals surface area (Å²) in [5.74, 6) is 0. The van der Waals surface area contributed by atoms with Gasteiger partial charge in [-0.3, -0.25) is 4.98 Å². The molecule has 0 aliphatic heterocycles. The molecule has 1 aliphatic carbocycles. The van der Waals surface area contributed by atoms with Crippen LogP contribution in [-0.4, -0.2) is 32.5 Å². The van der Waals surface area contributed by atoms with E-state index in [2.05, 4.69) is 31.0 Å². The molecule has 2 rings (SSSR count). The van der Waals surface area contributed by atoms with Crippen molar-refractivity contribution in [2.75, 3.05) is 7.05 Å². The molecule has 0 unspecified atom stereocenters. The quantitative estimate of drug-likeness (QED) is 0.868. The average Bonchev–Trinajstić information content (AvgIpc) is 2.39. The minimum Gasteiger partial charge on any atom is -0.317 e. The Morgan fingerprint density at radius 1 is 1.21 bits per heavy atom. The SMILES string of the molecule is CNC1CCC(NS(=O)(=O)c2cncc(Br)c2)CC1. The smallest absolute Gasteiger partial charge is 0.242 e. The molecular weight excluding hydrogens is 330 g/mol. The van der Waals surface area contributed by atoms with Gasteiger partial charge in [0.1, 0.15) is 4.90 Å². The first-order valence-electron chi connectivity index (χ1n) is 6.31. The summed E-state index contributed by atoms with van der Waals surface area (Å²) in [5.41, 5.74) is 0. The van der Waals surface area contributed by atoms with Crippen LogP contribution in [0.2, 0.25) is 0 Å². The minimum absolute atomic E-state index is 0.0218. The third-order valence-electron chi connectivity index (χ3n) is 3.45. The molecule has 1 aromatic rings. The Morgan fingerprint density at radius 3 is 2.42 bits per heavy atom. The van der Waals surface area contributed by atoms with E-state index in [-0.39, 0.29) is 10.9 Å². The highest BCUT2D eigenvalue weighted by atomic mass is 79.9. The van der Waals surface area contributed by atoms with Gasteiger partial charge in [-0.15, -0.1) is 0 Å². The predicted molar refractivity (Wildman–Crippen MR) is 77.4 cm³/mol. The Balaban J connectivity index is 2.02. The first-order chi connectivity index (χ1) is 9.01. The summed E-state index contributed by atoms with van der Waals surface area (Å²) in [6.07, 6.45) is 6.67. The Bertz CT molecular complexity index is 528. The Hall–Kier alpha value is -0.500. The molecule has 1 aromatic heterocycles. The summed E-state index contributed by atoms with van der Waals surface area (Å²) >= 11 is 3.23. The molecule has 19 heavy (non-hydrogen) atoms. The normalized spacial score (nSPS) is 24.3. The van der Waals surface area contributed by atoms with Crippen molar-refractivity contribution in [1.29, 1.82) is 0 Å². The van der Waals surface area contributed by atoms with Crippen molar-refractivity contribution >= 4 is 26.0 Å². The van der Waals surface area contributed by atoms with Gasteiger partial charge in [-0.05, 0) is 54.7 Å². The van der Waals surface area contributed by atoms with E-state index in [0.29, 0.717) is 10.5 Å². The van der Waals surface area contributed by atoms with Crippen LogP contribution >= 0.6 is 15.9 Å². The summed E-state index contributed by atoms with van der Waals surface area (Å²) in [6.45, 7) is 0. The molecule has 1 fully saturated rings. The van der Waals surface area contributed by atoms with Crippen molar-refractivity contribution < 1.29 is 8.42 Å². The molecule has 5 nitrogen and oxygen atoms in total. The van der Waals surface area contributed by atoms with E-state index >= 15 is 0 Å². The number of sulfonamides is 1. The van der Waals surface area contributed by atoms with Gasteiger partial charge >= 0.3 is 0 Å². The van der Waals surface area contributed by atoms with Crippen molar-refractivity contribution in [3.63, 3.8) is 0 Å². The van der Waals surface area contributed by atoms with Gasteiger partial charge < -0.3 is 5.32 Å². The molecule has 0 amide bonds. The Kier molecular flexibility index (Phi) is 4.94. The molecule has 2 N–H and O–H groups in total. The monoisotopic (exact) mass is 347 g/mol. The number of halogens is 1. The molecule has 1 aliphatic rings. The number of nitrogens with zero attached hydrogens (tertiary/aromatic N) is 1. The fourth-order valence-corrected chi connectivity index (χ4v) is 4.14. The van der Waals surface area contributed by atoms with Crippen LogP contribution in [0.15, 0.2) is 27.8 Å². The van der Waals surface area contributed by atoms with Crippen LogP contribution in [0.25, 0.3) is 0 Å². The Labute approximate surface area is 122 Å². The molecule has 0 spiro atoms. The van der Waals surface area contributed by atoms with Crippen molar-refractivity contribution in [2.45, 2.75) is 42.7 Å². The van der Waals surface area contributed by atoms with Gasteiger partial charge in [-0.2, -0.15) is 0 Å². The maximum absolute atomic E-state index is 12.2. The zero-order chi connectivity index (χ0) is 13.9. The fourth-order valence-electron chi connectivity index (χ4n) is 2.33. The topological polar surface area (TPSA) is 71.1 Å². The minimum atomic E-state index is -3.47. The van der Waals surface area contributed by atoms with Gasteiger partial charge in [0.05, 0.1) is 0 Å². The molecule has 106 valence electrons. The molecule has 1 saturated carbocycles. The lowest BCUT2D eigenvalue weighted by Crippen LogP contribution is -2.41. The van der Waals surface area contributed by atoms with E-state index in [4.69, 9.17) is 0 Å². The van der Waals surface area contributed by atoms with Crippen molar-refractivity contribution in [1.82, 2.24) is 15.0 Å². The van der Waals surface area contributed by atoms with Crippen LogP contribution in [0.1, 0.15) is 25.7 Å². The van der Waals surface area contributed by atoms with Crippen LogP contribution < -0.4 is 10.0 Å². The highest BCUT2D eigenvalue weighted by Gasteiger charge is 2.25. The fraction of sp³-hybridized carbons (Fsp3) is 0.583. The van der Waals surface area contributed by atoms with E-state index in [1.54, 1.807) is 12.3 Å². The standard InChI is InChI=1S/C12H18BrN3O2S/c1-14-10-2-4-11(5-3-10)16-19(17,18)12-6-9(13)7-15-8-12/h6-8,10-11,14,16H,2-5H2,1H3. The predicted octanol–water partition coefficient (Wildman–Crippen LogP) is 1.65. The third kappa shape index (κ3) is 3.98. The molecule has 0 aromatic carbocycles. The maximum Gasteiger partial charge on any atom is 0.242 e. The van der Waals surface area contributed by atoms with Crippen LogP contribution in [0.4, 0.5) is 0 Å². The summed E-state index contributed by atoms with van der Waals surface area (Å²) in [7, 11) is -1.52. The van der Waals surface area contributed by atoms with Crippen molar-refractivity contribution in [2.24, 2.45) is 0 Å². The number of pyridine rings is 1. The molecule has 0 radical (unpaired) electrons. The second kappa shape index (κ2) is 6.30. The lowest BCUT2D eigenvalue weighted by atomic mass is 9.92. The van der Waals surface area contributed by atoms with E-state index in [1.807, 2.05) is 7.05 Å². The first-order valence-corrected chi connectivity index (χ1v) is 8.59. The van der Waals surface area contributed by atoms with Gasteiger partial charge in [0, 0.05) is 29.0 Å². The number of aromatic nitrogens is 1. The van der Waals surface area contributed by atoms with E-state index < -0.39 is 10.0 Å². The largest absolute Gasteiger partial charge is 0.317 e. The second-order valence-corrected chi connectivity index (χ2v) is 7.43. The van der Waals surface area contributed by atoms with E-state index in [1.165, 1.54) is 6.20 Å². The van der Waals surface area contributed by atoms with Gasteiger partial charge in [-0.1, -0.05) is 0 Å². The van der Waals surface area contributed by atoms with Crippen LogP contribution in [0.3, 0.4) is 0 Å². The van der Waals surface area contributed by atoms with Gasteiger partial charge in [0.15, 0.2) is 0 Å². The zero-order valence-electron chi connectivity index (χ0n) is 10.8. The molecule has 0 atom stereocenters. The molecular formula is C12H18BrN3O2S. The lowest BCUT2D eigenvalue weighted by molar-refractivity contribution is 0.343. The van der Waals surface area contributed by atoms with Crippen molar-refractivity contribution in [3.05, 3.63) is 22.9 Å². The van der Waals surface area contributed by atoms with Crippen LogP contribution in [0.5, 0.6) is 0 Å². The number of hydrogen-bond acceptors (Lipinski definition) is 4. The van der Waals surface area contributed by atoms with Crippen LogP contribution in [-0.2, 0) is 10.0 Å². The lowest BCUT2D eigenvalue weighted by Gasteiger charge is -2.28. The summed E-state index contributed by atoms with van der Waals surface area (Å²) in [5, 5.41) is 3.23. The number of rotatable bonds is 4.